The average molecular weight is 299 g/mol. The maximum atomic E-state index is 10.9. The summed E-state index contributed by atoms with van der Waals surface area (Å²) in [4.78, 5) is 21.8. The molecule has 0 radical (unpaired) electrons. The highest BCUT2D eigenvalue weighted by molar-refractivity contribution is 8.00. The van der Waals surface area contributed by atoms with E-state index >= 15 is 0 Å². The van der Waals surface area contributed by atoms with Crippen molar-refractivity contribution in [3.8, 4) is 5.75 Å². The molecule has 0 aromatic heterocycles. The Morgan fingerprint density at radius 3 is 2.60 bits per heavy atom. The van der Waals surface area contributed by atoms with Crippen LogP contribution in [0.3, 0.4) is 0 Å². The van der Waals surface area contributed by atoms with Crippen LogP contribution in [0, 0.1) is 10.1 Å². The number of aliphatic carboxylic acids is 1. The predicted octanol–water partition coefficient (Wildman–Crippen LogP) is 3.34. The van der Waals surface area contributed by atoms with Crippen molar-refractivity contribution in [3.05, 3.63) is 28.3 Å². The van der Waals surface area contributed by atoms with Gasteiger partial charge < -0.3 is 9.84 Å². The maximum Gasteiger partial charge on any atom is 0.311 e. The number of carboxylic acids is 1. The molecule has 1 N–H and O–H groups in total. The highest BCUT2D eigenvalue weighted by atomic mass is 32.2. The van der Waals surface area contributed by atoms with E-state index in [0.29, 0.717) is 0 Å². The average Bonchev–Trinajstić information content (AvgIpc) is 2.26. The fourth-order valence-corrected chi connectivity index (χ4v) is 2.60. The molecule has 0 aliphatic carbocycles. The van der Waals surface area contributed by atoms with Gasteiger partial charge in [0, 0.05) is 22.3 Å². The van der Waals surface area contributed by atoms with E-state index in [-0.39, 0.29) is 29.2 Å². The molecule has 0 amide bonds. The van der Waals surface area contributed by atoms with Crippen molar-refractivity contribution in [1.29, 1.82) is 0 Å². The van der Waals surface area contributed by atoms with E-state index in [9.17, 15) is 14.9 Å². The second-order valence-electron chi connectivity index (χ2n) is 4.58. The Kier molecular flexibility index (Phi) is 5.82. The van der Waals surface area contributed by atoms with Gasteiger partial charge in [-0.15, -0.1) is 11.8 Å². The number of nitro benzene ring substituents is 1. The summed E-state index contributed by atoms with van der Waals surface area (Å²) in [6, 6.07) is 4.57. The molecule has 1 unspecified atom stereocenters. The number of hydrogen-bond acceptors (Lipinski definition) is 5. The van der Waals surface area contributed by atoms with E-state index in [1.54, 1.807) is 32.9 Å². The van der Waals surface area contributed by atoms with Crippen LogP contribution < -0.4 is 4.74 Å². The van der Waals surface area contributed by atoms with Crippen LogP contribution in [0.15, 0.2) is 23.1 Å². The number of ether oxygens (including phenoxy) is 1. The van der Waals surface area contributed by atoms with E-state index in [2.05, 4.69) is 0 Å². The van der Waals surface area contributed by atoms with E-state index < -0.39 is 10.9 Å². The number of nitro groups is 1. The van der Waals surface area contributed by atoms with Crippen molar-refractivity contribution in [3.63, 3.8) is 0 Å². The van der Waals surface area contributed by atoms with Gasteiger partial charge in [-0.25, -0.2) is 0 Å². The molecule has 1 rings (SSSR count). The van der Waals surface area contributed by atoms with Gasteiger partial charge in [0.15, 0.2) is 5.75 Å². The number of nitrogens with zero attached hydrogens (tertiary/aromatic N) is 1. The van der Waals surface area contributed by atoms with Gasteiger partial charge in [-0.3, -0.25) is 14.9 Å². The van der Waals surface area contributed by atoms with E-state index in [1.807, 2.05) is 0 Å². The Bertz CT molecular complexity index is 504. The molecular formula is C13H17NO5S. The summed E-state index contributed by atoms with van der Waals surface area (Å²) in [6.07, 6.45) is -0.146. The fourth-order valence-electron chi connectivity index (χ4n) is 1.59. The van der Waals surface area contributed by atoms with Gasteiger partial charge in [-0.2, -0.15) is 0 Å². The lowest BCUT2D eigenvalue weighted by Crippen LogP contribution is -2.08. The first kappa shape index (κ1) is 16.3. The number of benzene rings is 1. The summed E-state index contributed by atoms with van der Waals surface area (Å²) < 4.78 is 5.44. The number of hydrogen-bond donors (Lipinski definition) is 1. The predicted molar refractivity (Wildman–Crippen MR) is 76.4 cm³/mol. The minimum atomic E-state index is -0.870. The second kappa shape index (κ2) is 7.14. The van der Waals surface area contributed by atoms with Gasteiger partial charge in [0.05, 0.1) is 17.4 Å². The summed E-state index contributed by atoms with van der Waals surface area (Å²) in [6.45, 7) is 5.37. The lowest BCUT2D eigenvalue weighted by atomic mass is 10.3. The van der Waals surface area contributed by atoms with Crippen LogP contribution in [-0.4, -0.2) is 27.4 Å². The van der Waals surface area contributed by atoms with E-state index in [4.69, 9.17) is 9.84 Å². The molecule has 1 atom stereocenters. The number of carbonyl (C=O) groups is 1. The molecule has 20 heavy (non-hydrogen) atoms. The molecule has 0 saturated heterocycles. The minimum Gasteiger partial charge on any atom is -0.484 e. The summed E-state index contributed by atoms with van der Waals surface area (Å²) in [7, 11) is 0. The first-order chi connectivity index (χ1) is 9.29. The molecule has 0 aliphatic heterocycles. The largest absolute Gasteiger partial charge is 0.484 e. The monoisotopic (exact) mass is 299 g/mol. The molecule has 0 heterocycles. The lowest BCUT2D eigenvalue weighted by Gasteiger charge is -2.13. The number of rotatable bonds is 7. The van der Waals surface area contributed by atoms with Gasteiger partial charge in [0.25, 0.3) is 0 Å². The van der Waals surface area contributed by atoms with Crippen molar-refractivity contribution in [2.24, 2.45) is 0 Å². The summed E-state index contributed by atoms with van der Waals surface area (Å²) >= 11 is 1.35. The fraction of sp³-hybridized carbons (Fsp3) is 0.462. The van der Waals surface area contributed by atoms with Crippen molar-refractivity contribution in [2.75, 3.05) is 0 Å². The Balaban J connectivity index is 2.94. The van der Waals surface area contributed by atoms with Gasteiger partial charge in [0.1, 0.15) is 0 Å². The molecule has 1 aromatic carbocycles. The van der Waals surface area contributed by atoms with E-state index in [1.165, 1.54) is 17.8 Å². The first-order valence-electron chi connectivity index (χ1n) is 6.13. The Morgan fingerprint density at radius 2 is 2.10 bits per heavy atom. The molecule has 0 aliphatic rings. The third-order valence-electron chi connectivity index (χ3n) is 2.29. The Labute approximate surface area is 121 Å². The smallest absolute Gasteiger partial charge is 0.311 e. The maximum absolute atomic E-state index is 10.9. The normalized spacial score (nSPS) is 12.2. The third kappa shape index (κ3) is 5.08. The van der Waals surface area contributed by atoms with Crippen LogP contribution >= 0.6 is 11.8 Å². The molecule has 0 bridgehead atoms. The topological polar surface area (TPSA) is 89.7 Å². The van der Waals surface area contributed by atoms with Crippen LogP contribution in [0.1, 0.15) is 27.2 Å². The van der Waals surface area contributed by atoms with Crippen molar-refractivity contribution < 1.29 is 19.6 Å². The second-order valence-corrected chi connectivity index (χ2v) is 6.09. The summed E-state index contributed by atoms with van der Waals surface area (Å²) in [5.41, 5.74) is -0.0889. The van der Waals surface area contributed by atoms with Gasteiger partial charge in [0.2, 0.25) is 0 Å². The van der Waals surface area contributed by atoms with E-state index in [0.717, 1.165) is 4.90 Å². The first-order valence-corrected chi connectivity index (χ1v) is 7.01. The van der Waals surface area contributed by atoms with Crippen LogP contribution in [0.2, 0.25) is 0 Å². The van der Waals surface area contributed by atoms with Gasteiger partial charge in [-0.1, -0.05) is 6.92 Å². The molecule has 110 valence electrons. The number of carboxylic acid groups (broad SMARTS) is 1. The molecule has 0 fully saturated rings. The van der Waals surface area contributed by atoms with Crippen molar-refractivity contribution >= 4 is 23.4 Å². The van der Waals surface area contributed by atoms with Crippen molar-refractivity contribution in [1.82, 2.24) is 0 Å². The molecular weight excluding hydrogens is 282 g/mol. The highest BCUT2D eigenvalue weighted by Crippen LogP contribution is 2.34. The van der Waals surface area contributed by atoms with Crippen LogP contribution in [0.5, 0.6) is 5.75 Å². The zero-order valence-corrected chi connectivity index (χ0v) is 12.3. The van der Waals surface area contributed by atoms with Crippen molar-refractivity contribution in [2.45, 2.75) is 43.4 Å². The minimum absolute atomic E-state index is 0.0298. The molecule has 7 heteroatoms. The molecule has 6 nitrogen and oxygen atoms in total. The highest BCUT2D eigenvalue weighted by Gasteiger charge is 2.18. The molecule has 0 saturated carbocycles. The van der Waals surface area contributed by atoms with Crippen LogP contribution in [0.4, 0.5) is 5.69 Å². The Hall–Kier alpha value is -1.76. The number of thioether (sulfide) groups is 1. The molecule has 1 aromatic rings. The zero-order chi connectivity index (χ0) is 15.3. The van der Waals surface area contributed by atoms with Crippen LogP contribution in [-0.2, 0) is 4.79 Å². The third-order valence-corrected chi connectivity index (χ3v) is 3.39. The van der Waals surface area contributed by atoms with Gasteiger partial charge in [-0.05, 0) is 19.9 Å². The summed E-state index contributed by atoms with van der Waals surface area (Å²) in [5.74, 6) is -0.664. The van der Waals surface area contributed by atoms with Gasteiger partial charge >= 0.3 is 11.7 Å². The molecule has 0 spiro atoms. The Morgan fingerprint density at radius 1 is 1.45 bits per heavy atom. The van der Waals surface area contributed by atoms with Crippen LogP contribution in [0.25, 0.3) is 0 Å². The standard InChI is InChI=1S/C13H17NO5S/c1-8(2)19-12-7-10(4-5-11(12)14(17)18)20-9(3)6-13(15)16/h4-5,7-9H,6H2,1-3H3,(H,15,16). The quantitative estimate of drug-likeness (QED) is 0.472. The SMILES string of the molecule is CC(C)Oc1cc(SC(C)CC(=O)O)ccc1[N+](=O)[O-]. The lowest BCUT2D eigenvalue weighted by molar-refractivity contribution is -0.386. The zero-order valence-electron chi connectivity index (χ0n) is 11.5. The summed E-state index contributed by atoms with van der Waals surface area (Å²) in [5, 5.41) is 19.5.